The second-order valence-corrected chi connectivity index (χ2v) is 9.78. The maximum Gasteiger partial charge on any atom is 0.117 e. The molecule has 1 N–H and O–H groups in total. The Morgan fingerprint density at radius 1 is 0.765 bits per heavy atom. The molecule has 0 spiro atoms. The average Bonchev–Trinajstić information content (AvgIpc) is 3.34. The van der Waals surface area contributed by atoms with Crippen LogP contribution in [0.5, 0.6) is 0 Å². The molecule has 0 bridgehead atoms. The summed E-state index contributed by atoms with van der Waals surface area (Å²) in [6.07, 6.45) is 3.86. The molecule has 0 amide bonds. The maximum atomic E-state index is 12.1. The molecule has 0 unspecified atom stereocenters. The van der Waals surface area contributed by atoms with Gasteiger partial charge in [0, 0.05) is 18.4 Å². The van der Waals surface area contributed by atoms with Gasteiger partial charge >= 0.3 is 0 Å². The quantitative estimate of drug-likeness (QED) is 0.317. The normalized spacial score (nSPS) is 15.5. The Labute approximate surface area is 211 Å². The number of piperidine rings is 1. The minimum atomic E-state index is -0.997. The van der Waals surface area contributed by atoms with Crippen molar-refractivity contribution in [3.8, 4) is 5.69 Å². The van der Waals surface area contributed by atoms with Crippen molar-refractivity contribution in [2.45, 2.75) is 25.0 Å². The first-order valence-electron chi connectivity index (χ1n) is 11.7. The Bertz CT molecular complexity index is 1190. The molecule has 5 rings (SSSR count). The van der Waals surface area contributed by atoms with Crippen LogP contribution in [0.4, 0.5) is 0 Å². The summed E-state index contributed by atoms with van der Waals surface area (Å²) in [6, 6.07) is 30.1. The summed E-state index contributed by atoms with van der Waals surface area (Å²) < 4.78 is 2.12. The van der Waals surface area contributed by atoms with Gasteiger partial charge < -0.3 is 9.67 Å². The zero-order valence-corrected chi connectivity index (χ0v) is 20.5. The molecule has 1 aromatic heterocycles. The molecule has 3 nitrogen and oxygen atoms in total. The molecule has 1 aliphatic rings. The van der Waals surface area contributed by atoms with Crippen molar-refractivity contribution in [2.24, 2.45) is 5.92 Å². The fourth-order valence-electron chi connectivity index (χ4n) is 5.22. The molecule has 4 aromatic rings. The van der Waals surface area contributed by atoms with Gasteiger partial charge in [0.2, 0.25) is 0 Å². The summed E-state index contributed by atoms with van der Waals surface area (Å²) in [5.41, 5.74) is 2.99. The number of hydrogen-bond acceptors (Lipinski definition) is 2. The molecule has 1 saturated heterocycles. The Kier molecular flexibility index (Phi) is 6.80. The lowest BCUT2D eigenvalue weighted by atomic mass is 9.72. The lowest BCUT2D eigenvalue weighted by molar-refractivity contribution is -0.0154. The van der Waals surface area contributed by atoms with Crippen LogP contribution >= 0.6 is 23.2 Å². The predicted octanol–water partition coefficient (Wildman–Crippen LogP) is 6.93. The molecule has 0 saturated carbocycles. The highest BCUT2D eigenvalue weighted by Crippen LogP contribution is 2.42. The van der Waals surface area contributed by atoms with Crippen LogP contribution in [0.1, 0.15) is 29.7 Å². The van der Waals surface area contributed by atoms with Crippen molar-refractivity contribution in [1.29, 1.82) is 0 Å². The van der Waals surface area contributed by atoms with E-state index in [0.717, 1.165) is 49.3 Å². The van der Waals surface area contributed by atoms with E-state index in [1.54, 1.807) is 0 Å². The number of hydrogen-bond donors (Lipinski definition) is 1. The third kappa shape index (κ3) is 4.42. The summed E-state index contributed by atoms with van der Waals surface area (Å²) >= 11 is 12.7. The van der Waals surface area contributed by atoms with E-state index in [-0.39, 0.29) is 5.92 Å². The monoisotopic (exact) mass is 490 g/mol. The van der Waals surface area contributed by atoms with E-state index >= 15 is 0 Å². The second-order valence-electron chi connectivity index (χ2n) is 8.99. The number of halogens is 2. The average molecular weight is 491 g/mol. The number of likely N-dealkylation sites (tertiary alicyclic amines) is 1. The zero-order chi connectivity index (χ0) is 23.5. The summed E-state index contributed by atoms with van der Waals surface area (Å²) in [6.45, 7) is 2.65. The van der Waals surface area contributed by atoms with Crippen molar-refractivity contribution in [2.75, 3.05) is 13.1 Å². The largest absolute Gasteiger partial charge is 0.380 e. The Hall–Kier alpha value is -2.56. The van der Waals surface area contributed by atoms with Crippen molar-refractivity contribution < 1.29 is 5.11 Å². The number of aliphatic hydroxyl groups is 1. The molecule has 3 aromatic carbocycles. The molecule has 5 heteroatoms. The van der Waals surface area contributed by atoms with Gasteiger partial charge in [-0.05, 0) is 67.2 Å². The van der Waals surface area contributed by atoms with Gasteiger partial charge in [-0.2, -0.15) is 0 Å². The van der Waals surface area contributed by atoms with Crippen molar-refractivity contribution >= 4 is 23.2 Å². The van der Waals surface area contributed by atoms with E-state index in [4.69, 9.17) is 23.2 Å². The van der Waals surface area contributed by atoms with Crippen molar-refractivity contribution in [3.63, 3.8) is 0 Å². The lowest BCUT2D eigenvalue weighted by Gasteiger charge is -2.42. The lowest BCUT2D eigenvalue weighted by Crippen LogP contribution is -2.44. The van der Waals surface area contributed by atoms with Gasteiger partial charge in [-0.1, -0.05) is 89.9 Å². The summed E-state index contributed by atoms with van der Waals surface area (Å²) in [5, 5.41) is 13.2. The summed E-state index contributed by atoms with van der Waals surface area (Å²) in [5.74, 6) is 0.141. The maximum absolute atomic E-state index is 12.1. The highest BCUT2D eigenvalue weighted by atomic mass is 35.5. The third-order valence-electron chi connectivity index (χ3n) is 7.02. The molecule has 34 heavy (non-hydrogen) atoms. The van der Waals surface area contributed by atoms with E-state index in [0.29, 0.717) is 10.0 Å². The third-order valence-corrected chi connectivity index (χ3v) is 7.82. The molecule has 2 heterocycles. The number of nitrogens with zero attached hydrogens (tertiary/aromatic N) is 2. The van der Waals surface area contributed by atoms with Crippen molar-refractivity contribution in [3.05, 3.63) is 124 Å². The van der Waals surface area contributed by atoms with Gasteiger partial charge in [-0.15, -0.1) is 0 Å². The molecule has 0 aliphatic carbocycles. The van der Waals surface area contributed by atoms with Crippen LogP contribution in [0.3, 0.4) is 0 Å². The Balaban J connectivity index is 1.34. The predicted molar refractivity (Wildman–Crippen MR) is 140 cm³/mol. The van der Waals surface area contributed by atoms with E-state index in [1.807, 2.05) is 91.1 Å². The summed E-state index contributed by atoms with van der Waals surface area (Å²) in [4.78, 5) is 2.46. The molecule has 1 aliphatic heterocycles. The van der Waals surface area contributed by atoms with Crippen LogP contribution in [-0.4, -0.2) is 27.7 Å². The van der Waals surface area contributed by atoms with Gasteiger partial charge in [-0.25, -0.2) is 0 Å². The molecule has 0 radical (unpaired) electrons. The first-order valence-corrected chi connectivity index (χ1v) is 12.5. The number of aromatic nitrogens is 1. The van der Waals surface area contributed by atoms with E-state index in [2.05, 4.69) is 15.5 Å². The fraction of sp³-hybridized carbons (Fsp3) is 0.241. The SMILES string of the molecule is OC(c1ccccc1)(c1ccccc1)C1CCN(Cc2cccn2-c2cccc(Cl)c2Cl)CC1. The van der Waals surface area contributed by atoms with E-state index < -0.39 is 5.60 Å². The molecular weight excluding hydrogens is 463 g/mol. The standard InChI is InChI=1S/C29H28Cl2N2O/c30-26-14-7-15-27(28(26)31)33-18-8-13-25(33)21-32-19-16-24(17-20-32)29(34,22-9-3-1-4-10-22)23-11-5-2-6-12-23/h1-15,18,24,34H,16-17,19-21H2. The number of benzene rings is 3. The second kappa shape index (κ2) is 9.97. The van der Waals surface area contributed by atoms with Crippen LogP contribution in [0.15, 0.2) is 97.2 Å². The minimum absolute atomic E-state index is 0.141. The van der Waals surface area contributed by atoms with Gasteiger partial charge in [0.25, 0.3) is 0 Å². The first-order chi connectivity index (χ1) is 16.6. The number of rotatable bonds is 6. The van der Waals surface area contributed by atoms with E-state index in [1.165, 1.54) is 5.69 Å². The first kappa shape index (κ1) is 23.2. The van der Waals surface area contributed by atoms with Crippen LogP contribution in [0.25, 0.3) is 5.69 Å². The van der Waals surface area contributed by atoms with Crippen LogP contribution < -0.4 is 0 Å². The van der Waals surface area contributed by atoms with Gasteiger partial charge in [0.15, 0.2) is 0 Å². The smallest absolute Gasteiger partial charge is 0.117 e. The van der Waals surface area contributed by atoms with Crippen LogP contribution in [0.2, 0.25) is 10.0 Å². The topological polar surface area (TPSA) is 28.4 Å². The van der Waals surface area contributed by atoms with Gasteiger partial charge in [0.1, 0.15) is 5.60 Å². The minimum Gasteiger partial charge on any atom is -0.380 e. The van der Waals surface area contributed by atoms with Gasteiger partial charge in [0.05, 0.1) is 15.7 Å². The summed E-state index contributed by atoms with van der Waals surface area (Å²) in [7, 11) is 0. The van der Waals surface area contributed by atoms with Crippen LogP contribution in [0, 0.1) is 5.92 Å². The highest BCUT2D eigenvalue weighted by molar-refractivity contribution is 6.43. The molecule has 0 atom stereocenters. The van der Waals surface area contributed by atoms with Gasteiger partial charge in [-0.3, -0.25) is 4.90 Å². The zero-order valence-electron chi connectivity index (χ0n) is 18.9. The fourth-order valence-corrected chi connectivity index (χ4v) is 5.61. The molecular formula is C29H28Cl2N2O. The van der Waals surface area contributed by atoms with Crippen molar-refractivity contribution in [1.82, 2.24) is 9.47 Å². The van der Waals surface area contributed by atoms with Crippen LogP contribution in [-0.2, 0) is 12.1 Å². The highest BCUT2D eigenvalue weighted by Gasteiger charge is 2.41. The molecule has 174 valence electrons. The Morgan fingerprint density at radius 3 is 2.00 bits per heavy atom. The van der Waals surface area contributed by atoms with E-state index in [9.17, 15) is 5.11 Å². The Morgan fingerprint density at radius 2 is 1.38 bits per heavy atom. The molecule has 1 fully saturated rings.